The maximum Gasteiger partial charge on any atom is 0.303 e. The lowest BCUT2D eigenvalue weighted by atomic mass is 10.1. The maximum absolute atomic E-state index is 10.6. The number of hydrogen-bond donors (Lipinski definition) is 1. The van der Waals surface area contributed by atoms with Crippen molar-refractivity contribution in [1.82, 2.24) is 4.90 Å². The highest BCUT2D eigenvalue weighted by molar-refractivity contribution is 5.85. The lowest BCUT2D eigenvalue weighted by molar-refractivity contribution is -0.384. The monoisotopic (exact) mass is 330 g/mol. The van der Waals surface area contributed by atoms with Crippen molar-refractivity contribution >= 4 is 24.1 Å². The third-order valence-corrected chi connectivity index (χ3v) is 3.35. The average Bonchev–Trinajstić information content (AvgIpc) is 2.42. The second kappa shape index (κ2) is 10.1. The van der Waals surface area contributed by atoms with Crippen LogP contribution in [0, 0.1) is 10.1 Å². The molecule has 124 valence electrons. The van der Waals surface area contributed by atoms with E-state index in [1.807, 2.05) is 0 Å². The minimum absolute atomic E-state index is 0. The van der Waals surface area contributed by atoms with Crippen molar-refractivity contribution in [3.8, 4) is 0 Å². The Morgan fingerprint density at radius 2 is 1.86 bits per heavy atom. The normalized spacial score (nSPS) is 10.5. The van der Waals surface area contributed by atoms with Crippen LogP contribution in [0.4, 0.5) is 5.69 Å². The van der Waals surface area contributed by atoms with Crippen LogP contribution < -0.4 is 0 Å². The molecular formula is C15H23ClN2O4. The van der Waals surface area contributed by atoms with Gasteiger partial charge in [0.25, 0.3) is 5.69 Å². The zero-order valence-electron chi connectivity index (χ0n) is 12.9. The fourth-order valence-electron chi connectivity index (χ4n) is 2.07. The van der Waals surface area contributed by atoms with Crippen LogP contribution in [0.5, 0.6) is 0 Å². The first-order valence-electron chi connectivity index (χ1n) is 7.09. The minimum atomic E-state index is -0.763. The molecule has 1 aromatic carbocycles. The molecule has 0 saturated carbocycles. The van der Waals surface area contributed by atoms with Gasteiger partial charge in [0.05, 0.1) is 4.92 Å². The second-order valence-corrected chi connectivity index (χ2v) is 5.34. The van der Waals surface area contributed by atoms with Crippen molar-refractivity contribution in [2.45, 2.75) is 45.7 Å². The molecule has 0 saturated heterocycles. The zero-order valence-corrected chi connectivity index (χ0v) is 13.7. The van der Waals surface area contributed by atoms with Crippen molar-refractivity contribution in [1.29, 1.82) is 0 Å². The summed E-state index contributed by atoms with van der Waals surface area (Å²) in [5.74, 6) is -0.763. The lowest BCUT2D eigenvalue weighted by Crippen LogP contribution is -2.31. The highest BCUT2D eigenvalue weighted by Gasteiger charge is 2.11. The van der Waals surface area contributed by atoms with Crippen LogP contribution in [-0.4, -0.2) is 33.5 Å². The van der Waals surface area contributed by atoms with E-state index in [2.05, 4.69) is 18.7 Å². The van der Waals surface area contributed by atoms with Gasteiger partial charge in [0.2, 0.25) is 0 Å². The third-order valence-electron chi connectivity index (χ3n) is 3.35. The number of unbranched alkanes of at least 4 members (excludes halogenated alkanes) is 1. The molecule has 1 rings (SSSR count). The number of non-ortho nitro benzene ring substituents is 1. The summed E-state index contributed by atoms with van der Waals surface area (Å²) in [6.07, 6.45) is 1.69. The lowest BCUT2D eigenvalue weighted by Gasteiger charge is -2.26. The molecule has 22 heavy (non-hydrogen) atoms. The van der Waals surface area contributed by atoms with Crippen LogP contribution in [0.15, 0.2) is 24.3 Å². The van der Waals surface area contributed by atoms with E-state index in [1.54, 1.807) is 12.1 Å². The van der Waals surface area contributed by atoms with Crippen molar-refractivity contribution in [2.75, 3.05) is 6.54 Å². The van der Waals surface area contributed by atoms with Gasteiger partial charge >= 0.3 is 5.97 Å². The van der Waals surface area contributed by atoms with Crippen molar-refractivity contribution in [2.24, 2.45) is 0 Å². The molecule has 1 aromatic rings. The molecule has 0 spiro atoms. The number of nitro benzene ring substituents is 1. The Morgan fingerprint density at radius 3 is 2.32 bits per heavy atom. The predicted molar refractivity (Wildman–Crippen MR) is 87.4 cm³/mol. The van der Waals surface area contributed by atoms with Gasteiger partial charge in [0.1, 0.15) is 0 Å². The number of benzene rings is 1. The first-order chi connectivity index (χ1) is 9.90. The van der Waals surface area contributed by atoms with Gasteiger partial charge in [0.15, 0.2) is 0 Å². The molecule has 0 radical (unpaired) electrons. The number of carbonyl (C=O) groups is 1. The van der Waals surface area contributed by atoms with Gasteiger partial charge < -0.3 is 5.11 Å². The topological polar surface area (TPSA) is 83.7 Å². The summed E-state index contributed by atoms with van der Waals surface area (Å²) in [4.78, 5) is 22.9. The Balaban J connectivity index is 0.00000441. The smallest absolute Gasteiger partial charge is 0.303 e. The molecule has 0 heterocycles. The molecule has 0 amide bonds. The first kappa shape index (κ1) is 20.3. The summed E-state index contributed by atoms with van der Waals surface area (Å²) in [6, 6.07) is 6.90. The molecule has 0 atom stereocenters. The quantitative estimate of drug-likeness (QED) is 0.425. The van der Waals surface area contributed by atoms with Crippen LogP contribution in [0.2, 0.25) is 0 Å². The summed E-state index contributed by atoms with van der Waals surface area (Å²) < 4.78 is 0. The molecule has 7 heteroatoms. The standard InChI is InChI=1S/C15H22N2O4.ClH/c1-12(2)16(10-4-3-5-15(18)19)11-13-6-8-14(9-7-13)17(20)21;/h6-9,12H,3-5,10-11H2,1-2H3,(H,18,19);1H. The molecule has 1 N–H and O–H groups in total. The van der Waals surface area contributed by atoms with Gasteiger partial charge in [-0.25, -0.2) is 0 Å². The summed E-state index contributed by atoms with van der Waals surface area (Å²) in [5.41, 5.74) is 1.11. The highest BCUT2D eigenvalue weighted by atomic mass is 35.5. The second-order valence-electron chi connectivity index (χ2n) is 5.34. The Morgan fingerprint density at radius 1 is 1.27 bits per heavy atom. The van der Waals surface area contributed by atoms with Gasteiger partial charge in [-0.05, 0) is 38.8 Å². The Kier molecular flexibility index (Phi) is 9.37. The number of carboxylic acid groups (broad SMARTS) is 1. The number of halogens is 1. The molecule has 0 bridgehead atoms. The SMILES string of the molecule is CC(C)N(CCCCC(=O)O)Cc1ccc([N+](=O)[O-])cc1.Cl. The van der Waals surface area contributed by atoms with E-state index in [-0.39, 0.29) is 24.5 Å². The largest absolute Gasteiger partial charge is 0.481 e. The Bertz CT molecular complexity index is 477. The summed E-state index contributed by atoms with van der Waals surface area (Å²) in [7, 11) is 0. The van der Waals surface area contributed by atoms with Crippen LogP contribution in [0.3, 0.4) is 0 Å². The molecule has 0 aliphatic carbocycles. The summed E-state index contributed by atoms with van der Waals surface area (Å²) in [5, 5.41) is 19.2. The maximum atomic E-state index is 10.6. The first-order valence-corrected chi connectivity index (χ1v) is 7.09. The average molecular weight is 331 g/mol. The van der Waals surface area contributed by atoms with Crippen LogP contribution in [0.1, 0.15) is 38.7 Å². The molecule has 0 aromatic heterocycles. The number of hydrogen-bond acceptors (Lipinski definition) is 4. The molecule has 0 aliphatic rings. The van der Waals surface area contributed by atoms with Gasteiger partial charge in [-0.15, -0.1) is 12.4 Å². The van der Waals surface area contributed by atoms with Crippen molar-refractivity contribution in [3.05, 3.63) is 39.9 Å². The molecule has 0 unspecified atom stereocenters. The van der Waals surface area contributed by atoms with Crippen molar-refractivity contribution in [3.63, 3.8) is 0 Å². The summed E-state index contributed by atoms with van der Waals surface area (Å²) >= 11 is 0. The van der Waals surface area contributed by atoms with Gasteiger partial charge in [-0.3, -0.25) is 19.8 Å². The predicted octanol–water partition coefficient (Wildman–Crippen LogP) is 3.48. The van der Waals surface area contributed by atoms with E-state index in [1.165, 1.54) is 12.1 Å². The van der Waals surface area contributed by atoms with Gasteiger partial charge in [-0.2, -0.15) is 0 Å². The van der Waals surface area contributed by atoms with E-state index in [0.29, 0.717) is 19.0 Å². The highest BCUT2D eigenvalue weighted by Crippen LogP contribution is 2.15. The van der Waals surface area contributed by atoms with Crippen LogP contribution in [-0.2, 0) is 11.3 Å². The van der Waals surface area contributed by atoms with E-state index in [0.717, 1.165) is 18.5 Å². The number of rotatable bonds is 9. The van der Waals surface area contributed by atoms with Crippen LogP contribution in [0.25, 0.3) is 0 Å². The number of carboxylic acids is 1. The number of nitro groups is 1. The molecule has 0 fully saturated rings. The van der Waals surface area contributed by atoms with Gasteiger partial charge in [0, 0.05) is 31.1 Å². The fourth-order valence-corrected chi connectivity index (χ4v) is 2.07. The van der Waals surface area contributed by atoms with E-state index >= 15 is 0 Å². The van der Waals surface area contributed by atoms with Gasteiger partial charge in [-0.1, -0.05) is 12.1 Å². The molecule has 6 nitrogen and oxygen atoms in total. The number of nitrogens with zero attached hydrogens (tertiary/aromatic N) is 2. The summed E-state index contributed by atoms with van der Waals surface area (Å²) in [6.45, 7) is 5.70. The molecular weight excluding hydrogens is 308 g/mol. The number of aliphatic carboxylic acids is 1. The van der Waals surface area contributed by atoms with E-state index in [4.69, 9.17) is 5.11 Å². The fraction of sp³-hybridized carbons (Fsp3) is 0.533. The Labute approximate surface area is 136 Å². The minimum Gasteiger partial charge on any atom is -0.481 e. The Hall–Kier alpha value is -1.66. The van der Waals surface area contributed by atoms with Crippen molar-refractivity contribution < 1.29 is 14.8 Å². The third kappa shape index (κ3) is 7.38. The van der Waals surface area contributed by atoms with E-state index < -0.39 is 10.9 Å². The molecule has 0 aliphatic heterocycles. The van der Waals surface area contributed by atoms with E-state index in [9.17, 15) is 14.9 Å². The zero-order chi connectivity index (χ0) is 15.8. The van der Waals surface area contributed by atoms with Crippen LogP contribution >= 0.6 is 12.4 Å².